The largest absolute Gasteiger partial charge is 0.490 e. The van der Waals surface area contributed by atoms with Crippen molar-refractivity contribution < 1.29 is 41.1 Å². The lowest BCUT2D eigenvalue weighted by atomic mass is 10.1. The van der Waals surface area contributed by atoms with Crippen molar-refractivity contribution in [3.05, 3.63) is 54.1 Å². The molecule has 3 N–H and O–H groups in total. The number of aliphatic carboxylic acids is 1. The van der Waals surface area contributed by atoms with Crippen molar-refractivity contribution in [3.63, 3.8) is 0 Å². The van der Waals surface area contributed by atoms with E-state index in [1.54, 1.807) is 66.4 Å². The molecule has 0 atom stereocenters. The zero-order valence-electron chi connectivity index (χ0n) is 23.8. The maximum atomic E-state index is 13.3. The molecule has 2 aliphatic rings. The van der Waals surface area contributed by atoms with Gasteiger partial charge < -0.3 is 25.1 Å². The maximum absolute atomic E-state index is 13.3. The van der Waals surface area contributed by atoms with Crippen molar-refractivity contribution in [1.82, 2.24) is 20.0 Å². The molecule has 0 aromatic heterocycles. The molecular weight excluding hydrogens is 593 g/mol. The molecule has 0 bridgehead atoms. The molecule has 2 saturated heterocycles. The second kappa shape index (κ2) is 14.5. The molecule has 0 aliphatic carbocycles. The number of halogens is 3. The highest BCUT2D eigenvalue weighted by molar-refractivity contribution is 7.92. The molecule has 0 spiro atoms. The minimum Gasteiger partial charge on any atom is -0.475 e. The Labute approximate surface area is 248 Å². The van der Waals surface area contributed by atoms with Gasteiger partial charge in [0, 0.05) is 72.0 Å². The van der Waals surface area contributed by atoms with E-state index < -0.39 is 22.2 Å². The predicted molar refractivity (Wildman–Crippen MR) is 154 cm³/mol. The van der Waals surface area contributed by atoms with Gasteiger partial charge in [-0.3, -0.25) is 19.2 Å². The van der Waals surface area contributed by atoms with Gasteiger partial charge in [0.2, 0.25) is 5.91 Å². The van der Waals surface area contributed by atoms with Crippen LogP contribution in [-0.2, 0) is 19.6 Å². The Morgan fingerprint density at radius 2 is 1.53 bits per heavy atom. The predicted octanol–water partition coefficient (Wildman–Crippen LogP) is 1.38. The summed E-state index contributed by atoms with van der Waals surface area (Å²) >= 11 is 0. The number of hydrogen-bond donors (Lipinski definition) is 3. The monoisotopic (exact) mass is 628 g/mol. The second-order valence-corrected chi connectivity index (χ2v) is 11.7. The van der Waals surface area contributed by atoms with Crippen LogP contribution in [0.25, 0.3) is 0 Å². The van der Waals surface area contributed by atoms with Crippen LogP contribution >= 0.6 is 0 Å². The Morgan fingerprint density at radius 1 is 0.953 bits per heavy atom. The number of piperazine rings is 2. The van der Waals surface area contributed by atoms with E-state index >= 15 is 0 Å². The highest BCUT2D eigenvalue weighted by atomic mass is 32.2. The fourth-order valence-corrected chi connectivity index (χ4v) is 5.45. The number of hydrogen-bond acceptors (Lipinski definition) is 8. The van der Waals surface area contributed by atoms with E-state index in [0.717, 1.165) is 31.9 Å². The molecule has 0 radical (unpaired) electrons. The molecule has 0 unspecified atom stereocenters. The van der Waals surface area contributed by atoms with E-state index in [1.807, 2.05) is 11.0 Å². The summed E-state index contributed by atoms with van der Waals surface area (Å²) in [6.45, 7) is 5.63. The van der Waals surface area contributed by atoms with E-state index in [0.29, 0.717) is 44.0 Å². The minimum atomic E-state index is -5.08. The Kier molecular flexibility index (Phi) is 11.4. The lowest BCUT2D eigenvalue weighted by Crippen LogP contribution is -2.51. The standard InChI is InChI=1S/C25H34N6O4S.C2HF3O2/c1-28(2)24(32)19-29-14-16-31(17-15-29)25(33)20-8-9-23(30-12-10-26-11-13-30)22(18-20)27-36(34,35)21-6-4-3-5-7-21;3-2(4,5)1(6)7/h3-9,18,26-27H,10-17,19H2,1-2H3;(H,6,7). The number of carboxylic acid groups (broad SMARTS) is 1. The van der Waals surface area contributed by atoms with Crippen LogP contribution in [0.2, 0.25) is 0 Å². The molecule has 4 rings (SSSR count). The van der Waals surface area contributed by atoms with Crippen LogP contribution in [0.15, 0.2) is 53.4 Å². The molecule has 0 saturated carbocycles. The normalized spacial score (nSPS) is 16.1. The zero-order chi connectivity index (χ0) is 31.8. The first-order valence-corrected chi connectivity index (χ1v) is 14.9. The number of nitrogens with zero attached hydrogens (tertiary/aromatic N) is 4. The Bertz CT molecular complexity index is 1380. The average molecular weight is 629 g/mol. The van der Waals surface area contributed by atoms with Crippen molar-refractivity contribution in [1.29, 1.82) is 0 Å². The number of likely N-dealkylation sites (N-methyl/N-ethyl adjacent to an activating group) is 1. The van der Waals surface area contributed by atoms with E-state index in [2.05, 4.69) is 14.9 Å². The summed E-state index contributed by atoms with van der Waals surface area (Å²) in [6, 6.07) is 13.4. The molecule has 16 heteroatoms. The average Bonchev–Trinajstić information content (AvgIpc) is 2.97. The lowest BCUT2D eigenvalue weighted by Gasteiger charge is -2.35. The molecule has 2 aromatic carbocycles. The minimum absolute atomic E-state index is 0.0358. The van der Waals surface area contributed by atoms with E-state index in [9.17, 15) is 31.2 Å². The third kappa shape index (κ3) is 9.56. The van der Waals surface area contributed by atoms with Gasteiger partial charge in [-0.05, 0) is 30.3 Å². The summed E-state index contributed by atoms with van der Waals surface area (Å²) in [7, 11) is -0.364. The SMILES string of the molecule is CN(C)C(=O)CN1CCN(C(=O)c2ccc(N3CCNCC3)c(NS(=O)(=O)c3ccccc3)c2)CC1.O=C(O)C(F)(F)F. The summed E-state index contributed by atoms with van der Waals surface area (Å²) < 4.78 is 60.7. The number of sulfonamides is 1. The molecule has 2 aromatic rings. The van der Waals surface area contributed by atoms with Crippen LogP contribution in [0.5, 0.6) is 0 Å². The number of alkyl halides is 3. The zero-order valence-corrected chi connectivity index (χ0v) is 24.6. The van der Waals surface area contributed by atoms with E-state index in [1.165, 1.54) is 0 Å². The number of amides is 2. The van der Waals surface area contributed by atoms with E-state index in [4.69, 9.17) is 9.90 Å². The van der Waals surface area contributed by atoms with Crippen molar-refractivity contribution in [3.8, 4) is 0 Å². The van der Waals surface area contributed by atoms with Gasteiger partial charge in [-0.15, -0.1) is 0 Å². The second-order valence-electron chi connectivity index (χ2n) is 10.0. The van der Waals surface area contributed by atoms with Crippen LogP contribution in [0.4, 0.5) is 24.5 Å². The van der Waals surface area contributed by atoms with Crippen LogP contribution in [0.1, 0.15) is 10.4 Å². The Hall–Kier alpha value is -3.89. The van der Waals surface area contributed by atoms with Gasteiger partial charge in [0.05, 0.1) is 22.8 Å². The molecule has 2 heterocycles. The van der Waals surface area contributed by atoms with Gasteiger partial charge in [0.1, 0.15) is 0 Å². The summed E-state index contributed by atoms with van der Waals surface area (Å²) in [5, 5.41) is 10.4. The van der Waals surface area contributed by atoms with Gasteiger partial charge in [0.25, 0.3) is 15.9 Å². The van der Waals surface area contributed by atoms with Crippen molar-refractivity contribution >= 4 is 39.2 Å². The fraction of sp³-hybridized carbons (Fsp3) is 0.444. The van der Waals surface area contributed by atoms with Gasteiger partial charge in [-0.2, -0.15) is 13.2 Å². The fourth-order valence-electron chi connectivity index (χ4n) is 4.36. The van der Waals surface area contributed by atoms with Crippen LogP contribution in [0.3, 0.4) is 0 Å². The van der Waals surface area contributed by atoms with Crippen molar-refractivity contribution in [2.75, 3.05) is 82.6 Å². The summed E-state index contributed by atoms with van der Waals surface area (Å²) in [4.78, 5) is 41.9. The summed E-state index contributed by atoms with van der Waals surface area (Å²) in [5.74, 6) is -2.87. The molecule has 2 fully saturated rings. The number of carbonyl (C=O) groups excluding carboxylic acids is 2. The third-order valence-electron chi connectivity index (χ3n) is 6.76. The number of anilines is 2. The van der Waals surface area contributed by atoms with Gasteiger partial charge >= 0.3 is 12.1 Å². The van der Waals surface area contributed by atoms with Crippen molar-refractivity contribution in [2.45, 2.75) is 11.1 Å². The number of rotatable bonds is 7. The maximum Gasteiger partial charge on any atom is 0.490 e. The molecule has 2 aliphatic heterocycles. The molecular formula is C27H35F3N6O6S. The Balaban J connectivity index is 0.000000646. The van der Waals surface area contributed by atoms with Crippen LogP contribution in [-0.4, -0.2) is 125 Å². The number of nitrogens with one attached hydrogen (secondary N) is 2. The summed E-state index contributed by atoms with van der Waals surface area (Å²) in [5.41, 5.74) is 1.57. The topological polar surface area (TPSA) is 143 Å². The van der Waals surface area contributed by atoms with Crippen LogP contribution in [0, 0.1) is 0 Å². The first-order chi connectivity index (χ1) is 20.2. The molecule has 12 nitrogen and oxygen atoms in total. The highest BCUT2D eigenvalue weighted by Gasteiger charge is 2.38. The molecule has 2 amide bonds. The van der Waals surface area contributed by atoms with Crippen molar-refractivity contribution in [2.24, 2.45) is 0 Å². The third-order valence-corrected chi connectivity index (χ3v) is 8.14. The van der Waals surface area contributed by atoms with Crippen LogP contribution < -0.4 is 14.9 Å². The smallest absolute Gasteiger partial charge is 0.475 e. The molecule has 236 valence electrons. The van der Waals surface area contributed by atoms with Gasteiger partial charge in [0.15, 0.2) is 0 Å². The first-order valence-electron chi connectivity index (χ1n) is 13.4. The molecule has 43 heavy (non-hydrogen) atoms. The summed E-state index contributed by atoms with van der Waals surface area (Å²) in [6.07, 6.45) is -5.08. The lowest BCUT2D eigenvalue weighted by molar-refractivity contribution is -0.192. The van der Waals surface area contributed by atoms with Gasteiger partial charge in [-0.1, -0.05) is 18.2 Å². The number of carboxylic acids is 1. The van der Waals surface area contributed by atoms with Gasteiger partial charge in [-0.25, -0.2) is 13.2 Å². The van der Waals surface area contributed by atoms with E-state index in [-0.39, 0.29) is 16.7 Å². The number of benzene rings is 2. The number of carbonyl (C=O) groups is 3. The quantitative estimate of drug-likeness (QED) is 0.415. The highest BCUT2D eigenvalue weighted by Crippen LogP contribution is 2.30. The Morgan fingerprint density at radius 3 is 2.07 bits per heavy atom. The first kappa shape index (κ1) is 33.6.